The first kappa shape index (κ1) is 19.8. The molecule has 31 heavy (non-hydrogen) atoms. The Hall–Kier alpha value is -3.12. The highest BCUT2D eigenvalue weighted by Gasteiger charge is 2.31. The van der Waals surface area contributed by atoms with Gasteiger partial charge < -0.3 is 10.2 Å². The van der Waals surface area contributed by atoms with Crippen LogP contribution in [0.1, 0.15) is 23.1 Å². The van der Waals surface area contributed by atoms with Crippen molar-refractivity contribution in [2.75, 3.05) is 17.7 Å². The van der Waals surface area contributed by atoms with Gasteiger partial charge in [0, 0.05) is 48.0 Å². The van der Waals surface area contributed by atoms with Crippen molar-refractivity contribution in [1.29, 1.82) is 0 Å². The first-order valence-corrected chi connectivity index (χ1v) is 11.4. The second-order valence-electron chi connectivity index (χ2n) is 8.05. The summed E-state index contributed by atoms with van der Waals surface area (Å²) in [6.07, 6.45) is 8.05. The van der Waals surface area contributed by atoms with E-state index in [2.05, 4.69) is 46.7 Å². The predicted octanol–water partition coefficient (Wildman–Crippen LogP) is 3.78. The number of fused-ring (bicyclic) bond motifs is 2. The summed E-state index contributed by atoms with van der Waals surface area (Å²) in [6.45, 7) is 0. The van der Waals surface area contributed by atoms with Crippen LogP contribution in [0.2, 0.25) is 0 Å². The van der Waals surface area contributed by atoms with Crippen LogP contribution in [0.15, 0.2) is 70.2 Å². The van der Waals surface area contributed by atoms with Gasteiger partial charge in [-0.25, -0.2) is 0 Å². The van der Waals surface area contributed by atoms with Gasteiger partial charge in [0.05, 0.1) is 5.69 Å². The zero-order valence-corrected chi connectivity index (χ0v) is 18.1. The Morgan fingerprint density at radius 3 is 2.94 bits per heavy atom. The van der Waals surface area contributed by atoms with Gasteiger partial charge in [0.15, 0.2) is 0 Å². The van der Waals surface area contributed by atoms with E-state index >= 15 is 0 Å². The van der Waals surface area contributed by atoms with Crippen molar-refractivity contribution in [1.82, 2.24) is 5.32 Å². The molecule has 0 saturated carbocycles. The molecule has 0 radical (unpaired) electrons. The molecule has 0 aromatic heterocycles. The van der Waals surface area contributed by atoms with Gasteiger partial charge in [0.1, 0.15) is 6.04 Å². The molecular formula is C25H23N3O2S. The minimum Gasteiger partial charge on any atom is -0.340 e. The maximum absolute atomic E-state index is 13.1. The monoisotopic (exact) mass is 429 g/mol. The van der Waals surface area contributed by atoms with Crippen LogP contribution in [-0.2, 0) is 22.4 Å². The summed E-state index contributed by atoms with van der Waals surface area (Å²) in [5, 5.41) is 2.95. The summed E-state index contributed by atoms with van der Waals surface area (Å²) in [7, 11) is 1.78. The highest BCUT2D eigenvalue weighted by molar-refractivity contribution is 7.99. The minimum atomic E-state index is -0.570. The fourth-order valence-corrected chi connectivity index (χ4v) is 5.30. The van der Waals surface area contributed by atoms with E-state index < -0.39 is 6.04 Å². The Morgan fingerprint density at radius 2 is 2.10 bits per heavy atom. The number of aliphatic imine (C=N–C) groups is 1. The molecule has 3 aliphatic rings. The highest BCUT2D eigenvalue weighted by Crippen LogP contribution is 2.38. The maximum Gasteiger partial charge on any atom is 0.250 e. The third kappa shape index (κ3) is 3.95. The van der Waals surface area contributed by atoms with E-state index in [4.69, 9.17) is 0 Å². The van der Waals surface area contributed by atoms with Gasteiger partial charge in [-0.05, 0) is 35.2 Å². The van der Waals surface area contributed by atoms with Crippen molar-refractivity contribution < 1.29 is 9.59 Å². The number of allylic oxidation sites excluding steroid dienone is 1. The van der Waals surface area contributed by atoms with Gasteiger partial charge in [-0.15, -0.1) is 11.8 Å². The van der Waals surface area contributed by atoms with Crippen LogP contribution < -0.4 is 10.2 Å². The number of benzene rings is 2. The van der Waals surface area contributed by atoms with E-state index in [0.717, 1.165) is 29.1 Å². The molecule has 156 valence electrons. The standard InChI is InChI=1S/C25H23N3O2S/c1-28-22-12-17-8-5-9-18(17)13-23(22)31-15-21(25(28)30)27-24(29)19-11-20(26-14-19)10-16-6-3-2-4-7-16/h2-8,12-14,21H,9-11,15H2,1H3,(H,27,29)/t21-/m0/s1. The van der Waals surface area contributed by atoms with Crippen LogP contribution in [0.25, 0.3) is 6.08 Å². The Kier molecular flexibility index (Phi) is 5.24. The predicted molar refractivity (Wildman–Crippen MR) is 126 cm³/mol. The van der Waals surface area contributed by atoms with Crippen LogP contribution in [0, 0.1) is 0 Å². The summed E-state index contributed by atoms with van der Waals surface area (Å²) in [6, 6.07) is 13.8. The average Bonchev–Trinajstić information content (AvgIpc) is 3.42. The van der Waals surface area contributed by atoms with Crippen LogP contribution in [-0.4, -0.2) is 36.4 Å². The molecule has 0 saturated heterocycles. The molecule has 2 amide bonds. The third-order valence-corrected chi connectivity index (χ3v) is 7.03. The largest absolute Gasteiger partial charge is 0.340 e. The Balaban J connectivity index is 1.24. The Labute approximate surface area is 185 Å². The average molecular weight is 430 g/mol. The summed E-state index contributed by atoms with van der Waals surface area (Å²) in [4.78, 5) is 33.2. The lowest BCUT2D eigenvalue weighted by molar-refractivity contribution is -0.125. The van der Waals surface area contributed by atoms with Gasteiger partial charge in [0.2, 0.25) is 11.8 Å². The molecule has 5 rings (SSSR count). The van der Waals surface area contributed by atoms with E-state index in [-0.39, 0.29) is 11.8 Å². The fraction of sp³-hybridized carbons (Fsp3) is 0.240. The van der Waals surface area contributed by atoms with Crippen molar-refractivity contribution >= 4 is 41.1 Å². The third-order valence-electron chi connectivity index (χ3n) is 5.90. The minimum absolute atomic E-state index is 0.0921. The molecule has 0 unspecified atom stereocenters. The zero-order valence-electron chi connectivity index (χ0n) is 17.3. The van der Waals surface area contributed by atoms with E-state index in [0.29, 0.717) is 17.7 Å². The molecule has 2 aromatic rings. The molecule has 1 N–H and O–H groups in total. The van der Waals surface area contributed by atoms with Gasteiger partial charge in [-0.2, -0.15) is 0 Å². The van der Waals surface area contributed by atoms with Crippen molar-refractivity contribution in [2.45, 2.75) is 30.2 Å². The van der Waals surface area contributed by atoms with Crippen molar-refractivity contribution in [2.24, 2.45) is 4.99 Å². The van der Waals surface area contributed by atoms with E-state index in [1.165, 1.54) is 16.7 Å². The number of carbonyl (C=O) groups is 2. The van der Waals surface area contributed by atoms with Crippen LogP contribution >= 0.6 is 11.8 Å². The quantitative estimate of drug-likeness (QED) is 0.805. The molecular weight excluding hydrogens is 406 g/mol. The zero-order chi connectivity index (χ0) is 21.4. The lowest BCUT2D eigenvalue weighted by Crippen LogP contribution is -2.48. The molecule has 0 spiro atoms. The lowest BCUT2D eigenvalue weighted by Gasteiger charge is -2.22. The number of nitrogens with zero attached hydrogens (tertiary/aromatic N) is 2. The number of amides is 2. The number of anilines is 1. The number of likely N-dealkylation sites (N-methyl/N-ethyl adjacent to an activating group) is 1. The number of nitrogens with one attached hydrogen (secondary N) is 1. The second-order valence-corrected chi connectivity index (χ2v) is 9.11. The summed E-state index contributed by atoms with van der Waals surface area (Å²) < 4.78 is 0. The van der Waals surface area contributed by atoms with Gasteiger partial charge in [-0.1, -0.05) is 42.5 Å². The lowest BCUT2D eigenvalue weighted by atomic mass is 10.0. The fourth-order valence-electron chi connectivity index (χ4n) is 4.16. The van der Waals surface area contributed by atoms with Crippen LogP contribution in [0.5, 0.6) is 0 Å². The number of carbonyl (C=O) groups excluding carboxylic acids is 2. The summed E-state index contributed by atoms with van der Waals surface area (Å²) in [5.41, 5.74) is 6.11. The van der Waals surface area contributed by atoms with Crippen LogP contribution in [0.4, 0.5) is 5.69 Å². The molecule has 2 heterocycles. The molecule has 2 aliphatic heterocycles. The summed E-state index contributed by atoms with van der Waals surface area (Å²) in [5.74, 6) is 0.208. The van der Waals surface area contributed by atoms with Crippen LogP contribution in [0.3, 0.4) is 0 Å². The second kappa shape index (κ2) is 8.19. The molecule has 5 nitrogen and oxygen atoms in total. The molecule has 1 aliphatic carbocycles. The van der Waals surface area contributed by atoms with Crippen molar-refractivity contribution in [3.63, 3.8) is 0 Å². The number of thioether (sulfide) groups is 1. The smallest absolute Gasteiger partial charge is 0.250 e. The van der Waals surface area contributed by atoms with E-state index in [1.807, 2.05) is 18.2 Å². The molecule has 6 heteroatoms. The first-order valence-electron chi connectivity index (χ1n) is 10.4. The Morgan fingerprint density at radius 1 is 1.26 bits per heavy atom. The Bertz CT molecular complexity index is 1150. The highest BCUT2D eigenvalue weighted by atomic mass is 32.2. The van der Waals surface area contributed by atoms with Crippen molar-refractivity contribution in [3.8, 4) is 0 Å². The van der Waals surface area contributed by atoms with E-state index in [9.17, 15) is 9.59 Å². The molecule has 0 fully saturated rings. The van der Waals surface area contributed by atoms with Crippen molar-refractivity contribution in [3.05, 3.63) is 77.0 Å². The first-order chi connectivity index (χ1) is 15.1. The number of rotatable bonds is 4. The number of hydrogen-bond acceptors (Lipinski definition) is 4. The van der Waals surface area contributed by atoms with E-state index in [1.54, 1.807) is 29.9 Å². The normalized spacial score (nSPS) is 19.5. The summed E-state index contributed by atoms with van der Waals surface area (Å²) >= 11 is 1.62. The number of hydrogen-bond donors (Lipinski definition) is 1. The molecule has 2 aromatic carbocycles. The SMILES string of the molecule is CN1C(=O)[C@@H](NC(=O)C2=CN=C(Cc3ccccc3)C2)CSc2cc3c(cc21)C=CC3. The van der Waals surface area contributed by atoms with Gasteiger partial charge >= 0.3 is 0 Å². The maximum atomic E-state index is 13.1. The van der Waals surface area contributed by atoms with Gasteiger partial charge in [0.25, 0.3) is 0 Å². The van der Waals surface area contributed by atoms with Gasteiger partial charge in [-0.3, -0.25) is 14.6 Å². The topological polar surface area (TPSA) is 61.8 Å². The molecule has 1 atom stereocenters. The molecule has 0 bridgehead atoms.